The molecule has 1 aliphatic heterocycles. The maximum absolute atomic E-state index is 13.0. The van der Waals surface area contributed by atoms with Crippen molar-refractivity contribution in [2.24, 2.45) is 0 Å². The van der Waals surface area contributed by atoms with Crippen LogP contribution < -0.4 is 5.32 Å². The number of likely N-dealkylation sites (tertiary alicyclic amines) is 1. The Morgan fingerprint density at radius 1 is 1.44 bits per heavy atom. The van der Waals surface area contributed by atoms with Crippen molar-refractivity contribution in [3.63, 3.8) is 0 Å². The molecule has 0 bridgehead atoms. The second-order valence-electron chi connectivity index (χ2n) is 4.33. The van der Waals surface area contributed by atoms with Crippen molar-refractivity contribution in [2.75, 3.05) is 25.5 Å². The van der Waals surface area contributed by atoms with Crippen molar-refractivity contribution in [1.82, 2.24) is 9.88 Å². The summed E-state index contributed by atoms with van der Waals surface area (Å²) in [6, 6.07) is 3.21. The number of carbonyl (C=O) groups excluding carboxylic acids is 1. The molecule has 0 aromatic carbocycles. The first-order valence-electron chi connectivity index (χ1n) is 5.83. The first kappa shape index (κ1) is 12.7. The average Bonchev–Trinajstić information content (AvgIpc) is 2.38. The Labute approximate surface area is 104 Å². The summed E-state index contributed by atoms with van der Waals surface area (Å²) < 4.78 is 26.0. The van der Waals surface area contributed by atoms with Crippen molar-refractivity contribution in [3.05, 3.63) is 23.9 Å². The Balaban J connectivity index is 2.07. The molecule has 1 N–H and O–H groups in total. The predicted octanol–water partition coefficient (Wildman–Crippen LogP) is 1.99. The van der Waals surface area contributed by atoms with Crippen LogP contribution in [0.2, 0.25) is 0 Å². The molecule has 1 amide bonds. The van der Waals surface area contributed by atoms with Gasteiger partial charge in [0.25, 0.3) is 11.8 Å². The lowest BCUT2D eigenvalue weighted by Gasteiger charge is -2.31. The Morgan fingerprint density at radius 2 is 2.11 bits per heavy atom. The summed E-state index contributed by atoms with van der Waals surface area (Å²) in [5.41, 5.74) is 0.472. The number of aromatic nitrogens is 1. The molecule has 0 aliphatic carbocycles. The molecule has 0 unspecified atom stereocenters. The van der Waals surface area contributed by atoms with Gasteiger partial charge in [-0.1, -0.05) is 0 Å². The van der Waals surface area contributed by atoms with E-state index in [2.05, 4.69) is 10.3 Å². The summed E-state index contributed by atoms with van der Waals surface area (Å²) in [6.45, 7) is 0.200. The van der Waals surface area contributed by atoms with Crippen LogP contribution in [-0.2, 0) is 0 Å². The number of carbonyl (C=O) groups is 1. The van der Waals surface area contributed by atoms with Gasteiger partial charge in [-0.05, 0) is 12.1 Å². The maximum atomic E-state index is 13.0. The molecule has 0 saturated carbocycles. The minimum absolute atomic E-state index is 0.100. The molecular weight excluding hydrogens is 240 g/mol. The molecule has 2 rings (SSSR count). The Bertz CT molecular complexity index is 441. The second kappa shape index (κ2) is 4.88. The SMILES string of the molecule is CNc1cc(C(=O)N2CCC(F)(F)CC2)ccn1. The molecule has 6 heteroatoms. The Kier molecular flexibility index (Phi) is 3.45. The number of rotatable bonds is 2. The molecule has 2 heterocycles. The molecule has 1 aromatic heterocycles. The molecule has 1 aromatic rings. The van der Waals surface area contributed by atoms with Gasteiger partial charge in [0.1, 0.15) is 5.82 Å². The van der Waals surface area contributed by atoms with Crippen LogP contribution in [0.5, 0.6) is 0 Å². The minimum atomic E-state index is -2.63. The van der Waals surface area contributed by atoms with E-state index in [1.54, 1.807) is 19.2 Å². The van der Waals surface area contributed by atoms with Gasteiger partial charge in [-0.25, -0.2) is 13.8 Å². The number of nitrogens with one attached hydrogen (secondary N) is 1. The molecular formula is C12H15F2N3O. The lowest BCUT2D eigenvalue weighted by Crippen LogP contribution is -2.42. The Hall–Kier alpha value is -1.72. The smallest absolute Gasteiger partial charge is 0.254 e. The van der Waals surface area contributed by atoms with E-state index in [0.717, 1.165) is 0 Å². The molecule has 1 aliphatic rings. The third-order valence-corrected chi connectivity index (χ3v) is 3.05. The molecule has 18 heavy (non-hydrogen) atoms. The summed E-state index contributed by atoms with van der Waals surface area (Å²) in [7, 11) is 1.71. The lowest BCUT2D eigenvalue weighted by atomic mass is 10.1. The molecule has 98 valence electrons. The van der Waals surface area contributed by atoms with Gasteiger partial charge < -0.3 is 10.2 Å². The maximum Gasteiger partial charge on any atom is 0.254 e. The van der Waals surface area contributed by atoms with Crippen LogP contribution >= 0.6 is 0 Å². The number of hydrogen-bond donors (Lipinski definition) is 1. The number of piperidine rings is 1. The summed E-state index contributed by atoms with van der Waals surface area (Å²) in [6.07, 6.45) is 1.00. The number of pyridine rings is 1. The fourth-order valence-corrected chi connectivity index (χ4v) is 1.92. The van der Waals surface area contributed by atoms with E-state index in [9.17, 15) is 13.6 Å². The zero-order chi connectivity index (χ0) is 13.2. The van der Waals surface area contributed by atoms with Gasteiger partial charge in [0.05, 0.1) is 0 Å². The summed E-state index contributed by atoms with van der Waals surface area (Å²) >= 11 is 0. The van der Waals surface area contributed by atoms with E-state index < -0.39 is 5.92 Å². The van der Waals surface area contributed by atoms with E-state index in [-0.39, 0.29) is 31.8 Å². The monoisotopic (exact) mass is 255 g/mol. The molecule has 0 radical (unpaired) electrons. The van der Waals surface area contributed by atoms with Crippen molar-refractivity contribution in [1.29, 1.82) is 0 Å². The van der Waals surface area contributed by atoms with Gasteiger partial charge in [0.15, 0.2) is 0 Å². The van der Waals surface area contributed by atoms with E-state index >= 15 is 0 Å². The van der Waals surface area contributed by atoms with Gasteiger partial charge in [0, 0.05) is 44.7 Å². The average molecular weight is 255 g/mol. The van der Waals surface area contributed by atoms with E-state index in [1.165, 1.54) is 11.1 Å². The molecule has 0 atom stereocenters. The number of nitrogens with zero attached hydrogens (tertiary/aromatic N) is 2. The van der Waals surface area contributed by atoms with Gasteiger partial charge in [-0.15, -0.1) is 0 Å². The number of alkyl halides is 2. The van der Waals surface area contributed by atoms with Gasteiger partial charge >= 0.3 is 0 Å². The quantitative estimate of drug-likeness (QED) is 0.879. The molecule has 1 saturated heterocycles. The van der Waals surface area contributed by atoms with Crippen LogP contribution in [0.15, 0.2) is 18.3 Å². The standard InChI is InChI=1S/C12H15F2N3O/c1-15-10-8-9(2-5-16-10)11(18)17-6-3-12(13,14)4-7-17/h2,5,8H,3-4,6-7H2,1H3,(H,15,16). The Morgan fingerprint density at radius 3 is 2.72 bits per heavy atom. The van der Waals surface area contributed by atoms with E-state index in [4.69, 9.17) is 0 Å². The van der Waals surface area contributed by atoms with Crippen molar-refractivity contribution >= 4 is 11.7 Å². The largest absolute Gasteiger partial charge is 0.373 e. The van der Waals surface area contributed by atoms with Gasteiger partial charge in [-0.3, -0.25) is 4.79 Å². The van der Waals surface area contributed by atoms with Crippen LogP contribution in [0, 0.1) is 0 Å². The fourth-order valence-electron chi connectivity index (χ4n) is 1.92. The highest BCUT2D eigenvalue weighted by Crippen LogP contribution is 2.28. The molecule has 4 nitrogen and oxygen atoms in total. The predicted molar refractivity (Wildman–Crippen MR) is 63.9 cm³/mol. The minimum Gasteiger partial charge on any atom is -0.373 e. The van der Waals surface area contributed by atoms with Gasteiger partial charge in [-0.2, -0.15) is 0 Å². The summed E-state index contributed by atoms with van der Waals surface area (Å²) in [4.78, 5) is 17.6. The van der Waals surface area contributed by atoms with Crippen LogP contribution in [0.4, 0.5) is 14.6 Å². The van der Waals surface area contributed by atoms with Crippen molar-refractivity contribution in [2.45, 2.75) is 18.8 Å². The topological polar surface area (TPSA) is 45.2 Å². The van der Waals surface area contributed by atoms with Crippen LogP contribution in [0.3, 0.4) is 0 Å². The normalized spacial score (nSPS) is 18.5. The van der Waals surface area contributed by atoms with Crippen molar-refractivity contribution in [3.8, 4) is 0 Å². The molecule has 1 fully saturated rings. The van der Waals surface area contributed by atoms with Gasteiger partial charge in [0.2, 0.25) is 0 Å². The number of anilines is 1. The van der Waals surface area contributed by atoms with Crippen LogP contribution in [0.25, 0.3) is 0 Å². The van der Waals surface area contributed by atoms with Crippen LogP contribution in [-0.4, -0.2) is 41.9 Å². The van der Waals surface area contributed by atoms with E-state index in [1.807, 2.05) is 0 Å². The highest BCUT2D eigenvalue weighted by molar-refractivity contribution is 5.94. The zero-order valence-corrected chi connectivity index (χ0v) is 10.1. The molecule has 0 spiro atoms. The number of hydrogen-bond acceptors (Lipinski definition) is 3. The first-order chi connectivity index (χ1) is 8.52. The zero-order valence-electron chi connectivity index (χ0n) is 10.1. The van der Waals surface area contributed by atoms with Crippen LogP contribution in [0.1, 0.15) is 23.2 Å². The summed E-state index contributed by atoms with van der Waals surface area (Å²) in [5.74, 6) is -2.27. The number of halogens is 2. The van der Waals surface area contributed by atoms with E-state index in [0.29, 0.717) is 11.4 Å². The second-order valence-corrected chi connectivity index (χ2v) is 4.33. The first-order valence-corrected chi connectivity index (χ1v) is 5.83. The summed E-state index contributed by atoms with van der Waals surface area (Å²) in [5, 5.41) is 2.84. The highest BCUT2D eigenvalue weighted by atomic mass is 19.3. The number of amides is 1. The van der Waals surface area contributed by atoms with Crippen molar-refractivity contribution < 1.29 is 13.6 Å². The third-order valence-electron chi connectivity index (χ3n) is 3.05. The highest BCUT2D eigenvalue weighted by Gasteiger charge is 2.35. The lowest BCUT2D eigenvalue weighted by molar-refractivity contribution is -0.0494. The third kappa shape index (κ3) is 2.75. The fraction of sp³-hybridized carbons (Fsp3) is 0.500.